The van der Waals surface area contributed by atoms with E-state index in [1.165, 1.54) is 20.9 Å². The van der Waals surface area contributed by atoms with E-state index in [1.54, 1.807) is 0 Å². The molecule has 0 aliphatic rings. The van der Waals surface area contributed by atoms with E-state index in [1.807, 2.05) is 24.5 Å². The average molecular weight is 258 g/mol. The molecule has 0 atom stereocenters. The lowest BCUT2D eigenvalue weighted by molar-refractivity contribution is 1.22. The summed E-state index contributed by atoms with van der Waals surface area (Å²) in [6.07, 6.45) is 1.92. The van der Waals surface area contributed by atoms with Crippen molar-refractivity contribution in [2.45, 2.75) is 27.7 Å². The summed E-state index contributed by atoms with van der Waals surface area (Å²) in [6.45, 7) is 12.1. The highest BCUT2D eigenvalue weighted by molar-refractivity contribution is 7.15. The van der Waals surface area contributed by atoms with E-state index in [0.717, 1.165) is 17.1 Å². The second-order valence-corrected chi connectivity index (χ2v) is 5.90. The van der Waals surface area contributed by atoms with Crippen molar-refractivity contribution in [3.8, 4) is 10.4 Å². The zero-order chi connectivity index (χ0) is 13.3. The Labute approximate surface area is 112 Å². The Morgan fingerprint density at radius 2 is 1.94 bits per heavy atom. The summed E-state index contributed by atoms with van der Waals surface area (Å²) >= 11 is 1.82. The number of pyridine rings is 1. The largest absolute Gasteiger partial charge is 0.344 e. The lowest BCUT2D eigenvalue weighted by atomic mass is 10.1. The van der Waals surface area contributed by atoms with E-state index in [4.69, 9.17) is 0 Å². The van der Waals surface area contributed by atoms with Crippen LogP contribution < -0.4 is 5.32 Å². The molecule has 0 fully saturated rings. The number of anilines is 1. The minimum Gasteiger partial charge on any atom is -0.344 e. The summed E-state index contributed by atoms with van der Waals surface area (Å²) < 4.78 is 0. The van der Waals surface area contributed by atoms with Gasteiger partial charge < -0.3 is 5.32 Å². The molecule has 0 bridgehead atoms. The predicted octanol–water partition coefficient (Wildman–Crippen LogP) is 4.68. The molecular weight excluding hydrogens is 240 g/mol. The zero-order valence-electron chi connectivity index (χ0n) is 11.3. The second kappa shape index (κ2) is 4.94. The van der Waals surface area contributed by atoms with Gasteiger partial charge in [0.25, 0.3) is 0 Å². The molecule has 2 nitrogen and oxygen atoms in total. The van der Waals surface area contributed by atoms with Gasteiger partial charge in [0.15, 0.2) is 0 Å². The van der Waals surface area contributed by atoms with Crippen molar-refractivity contribution < 1.29 is 0 Å². The summed E-state index contributed by atoms with van der Waals surface area (Å²) in [6, 6.07) is 4.39. The first-order chi connectivity index (χ1) is 8.47. The van der Waals surface area contributed by atoms with Gasteiger partial charge in [0.05, 0.1) is 0 Å². The van der Waals surface area contributed by atoms with E-state index in [9.17, 15) is 0 Å². The molecule has 94 valence electrons. The number of hydrogen-bond donors (Lipinski definition) is 1. The maximum atomic E-state index is 4.47. The van der Waals surface area contributed by atoms with Crippen LogP contribution in [0.2, 0.25) is 0 Å². The Morgan fingerprint density at radius 3 is 2.44 bits per heavy atom. The van der Waals surface area contributed by atoms with Gasteiger partial charge in [-0.15, -0.1) is 11.3 Å². The lowest BCUT2D eigenvalue weighted by Crippen LogP contribution is -1.99. The molecule has 0 aliphatic heterocycles. The molecule has 2 aromatic heterocycles. The van der Waals surface area contributed by atoms with E-state index in [2.05, 4.69) is 49.8 Å². The third-order valence-corrected chi connectivity index (χ3v) is 4.06. The molecule has 2 heterocycles. The van der Waals surface area contributed by atoms with Crippen LogP contribution in [-0.2, 0) is 0 Å². The first-order valence-corrected chi connectivity index (χ1v) is 6.75. The SMILES string of the molecule is C=C(C)Nc1ncc(-c2cc(C)c(C)s2)cc1C. The van der Waals surface area contributed by atoms with Gasteiger partial charge in [-0.05, 0) is 51.0 Å². The minimum absolute atomic E-state index is 0.885. The molecule has 1 N–H and O–H groups in total. The Morgan fingerprint density at radius 1 is 1.22 bits per heavy atom. The van der Waals surface area contributed by atoms with Crippen molar-refractivity contribution in [3.05, 3.63) is 46.6 Å². The highest BCUT2D eigenvalue weighted by Crippen LogP contribution is 2.31. The Kier molecular flexibility index (Phi) is 3.53. The third kappa shape index (κ3) is 2.62. The molecule has 2 rings (SSSR count). The first-order valence-electron chi connectivity index (χ1n) is 5.94. The van der Waals surface area contributed by atoms with Gasteiger partial charge in [-0.25, -0.2) is 4.98 Å². The van der Waals surface area contributed by atoms with Gasteiger partial charge in [0.2, 0.25) is 0 Å². The maximum Gasteiger partial charge on any atom is 0.132 e. The quantitative estimate of drug-likeness (QED) is 0.864. The first kappa shape index (κ1) is 12.8. The number of thiophene rings is 1. The van der Waals surface area contributed by atoms with E-state index >= 15 is 0 Å². The van der Waals surface area contributed by atoms with Gasteiger partial charge in [0, 0.05) is 27.2 Å². The molecule has 18 heavy (non-hydrogen) atoms. The number of nitrogens with zero attached hydrogens (tertiary/aromatic N) is 1. The lowest BCUT2D eigenvalue weighted by Gasteiger charge is -2.08. The van der Waals surface area contributed by atoms with Gasteiger partial charge in [-0.1, -0.05) is 6.58 Å². The van der Waals surface area contributed by atoms with Gasteiger partial charge >= 0.3 is 0 Å². The summed E-state index contributed by atoms with van der Waals surface area (Å²) in [5, 5.41) is 3.17. The molecule has 0 spiro atoms. The summed E-state index contributed by atoms with van der Waals surface area (Å²) in [5.74, 6) is 0.885. The van der Waals surface area contributed by atoms with E-state index in [-0.39, 0.29) is 0 Å². The van der Waals surface area contributed by atoms with Crippen molar-refractivity contribution in [2.75, 3.05) is 5.32 Å². The molecule has 0 radical (unpaired) electrons. The highest BCUT2D eigenvalue weighted by Gasteiger charge is 2.07. The molecule has 0 unspecified atom stereocenters. The van der Waals surface area contributed by atoms with Gasteiger partial charge in [0.1, 0.15) is 5.82 Å². The van der Waals surface area contributed by atoms with Crippen molar-refractivity contribution in [2.24, 2.45) is 0 Å². The number of aromatic nitrogens is 1. The number of allylic oxidation sites excluding steroid dienone is 1. The van der Waals surface area contributed by atoms with Gasteiger partial charge in [-0.3, -0.25) is 0 Å². The van der Waals surface area contributed by atoms with Crippen LogP contribution in [0.25, 0.3) is 10.4 Å². The van der Waals surface area contributed by atoms with E-state index < -0.39 is 0 Å². The summed E-state index contributed by atoms with van der Waals surface area (Å²) in [4.78, 5) is 7.12. The van der Waals surface area contributed by atoms with Gasteiger partial charge in [-0.2, -0.15) is 0 Å². The summed E-state index contributed by atoms with van der Waals surface area (Å²) in [5.41, 5.74) is 4.57. The maximum absolute atomic E-state index is 4.47. The van der Waals surface area contributed by atoms with Crippen LogP contribution in [0.5, 0.6) is 0 Å². The van der Waals surface area contributed by atoms with Crippen molar-refractivity contribution in [3.63, 3.8) is 0 Å². The molecule has 0 aromatic carbocycles. The van der Waals surface area contributed by atoms with Crippen LogP contribution in [0.4, 0.5) is 5.82 Å². The molecule has 0 saturated carbocycles. The minimum atomic E-state index is 0.885. The second-order valence-electron chi connectivity index (χ2n) is 4.64. The Hall–Kier alpha value is -1.61. The predicted molar refractivity (Wildman–Crippen MR) is 80.2 cm³/mol. The molecule has 2 aromatic rings. The fourth-order valence-corrected chi connectivity index (χ4v) is 2.77. The molecular formula is C15H18N2S. The summed E-state index contributed by atoms with van der Waals surface area (Å²) in [7, 11) is 0. The molecule has 0 saturated heterocycles. The fourth-order valence-electron chi connectivity index (χ4n) is 1.76. The topological polar surface area (TPSA) is 24.9 Å². The monoisotopic (exact) mass is 258 g/mol. The molecule has 0 aliphatic carbocycles. The Balaban J connectivity index is 2.36. The third-order valence-electron chi connectivity index (χ3n) is 2.86. The highest BCUT2D eigenvalue weighted by atomic mass is 32.1. The van der Waals surface area contributed by atoms with Crippen molar-refractivity contribution in [1.29, 1.82) is 0 Å². The number of aryl methyl sites for hydroxylation is 3. The van der Waals surface area contributed by atoms with Crippen molar-refractivity contribution >= 4 is 17.2 Å². The molecule has 0 amide bonds. The number of nitrogens with one attached hydrogen (secondary N) is 1. The average Bonchev–Trinajstić information content (AvgIpc) is 2.62. The molecule has 3 heteroatoms. The van der Waals surface area contributed by atoms with Crippen LogP contribution in [0.15, 0.2) is 30.6 Å². The zero-order valence-corrected chi connectivity index (χ0v) is 12.1. The number of hydrogen-bond acceptors (Lipinski definition) is 3. The normalized spacial score (nSPS) is 10.4. The van der Waals surface area contributed by atoms with Crippen LogP contribution in [-0.4, -0.2) is 4.98 Å². The van der Waals surface area contributed by atoms with Crippen LogP contribution in [0.3, 0.4) is 0 Å². The Bertz CT molecular complexity index is 577. The fraction of sp³-hybridized carbons (Fsp3) is 0.267. The number of rotatable bonds is 3. The van der Waals surface area contributed by atoms with E-state index in [0.29, 0.717) is 0 Å². The van der Waals surface area contributed by atoms with Crippen LogP contribution in [0.1, 0.15) is 22.9 Å². The van der Waals surface area contributed by atoms with Crippen molar-refractivity contribution in [1.82, 2.24) is 4.98 Å². The van der Waals surface area contributed by atoms with Crippen LogP contribution in [0, 0.1) is 20.8 Å². The standard InChI is InChI=1S/C15H18N2S/c1-9(2)17-15-11(4)6-13(8-16-15)14-7-10(3)12(5)18-14/h6-8H,1H2,2-5H3,(H,16,17). The van der Waals surface area contributed by atoms with Crippen LogP contribution >= 0.6 is 11.3 Å². The smallest absolute Gasteiger partial charge is 0.132 e.